The topological polar surface area (TPSA) is 78.4 Å². The Morgan fingerprint density at radius 3 is 2.74 bits per heavy atom. The van der Waals surface area contributed by atoms with E-state index in [4.69, 9.17) is 10.5 Å². The number of nitrogens with zero attached hydrogens (tertiary/aromatic N) is 1. The summed E-state index contributed by atoms with van der Waals surface area (Å²) in [4.78, 5) is 10.5. The predicted octanol–water partition coefficient (Wildman–Crippen LogP) is 3.06. The average Bonchev–Trinajstić information content (AvgIpc) is 2.37. The van der Waals surface area contributed by atoms with Crippen molar-refractivity contribution in [2.24, 2.45) is 0 Å². The van der Waals surface area contributed by atoms with Crippen LogP contribution in [0.3, 0.4) is 0 Å². The second-order valence-corrected chi connectivity index (χ2v) is 4.26. The number of nitrogen functional groups attached to an aromatic ring is 1. The van der Waals surface area contributed by atoms with Gasteiger partial charge >= 0.3 is 5.69 Å². The first-order valence-corrected chi connectivity index (χ1v) is 5.78. The second-order valence-electron chi connectivity index (χ2n) is 4.26. The second kappa shape index (κ2) is 5.39. The van der Waals surface area contributed by atoms with Crippen molar-refractivity contribution in [3.05, 3.63) is 63.7 Å². The van der Waals surface area contributed by atoms with Gasteiger partial charge in [-0.2, -0.15) is 0 Å². The molecule has 5 heteroatoms. The number of hydrogen-bond acceptors (Lipinski definition) is 4. The number of anilines is 1. The number of nitro groups is 1. The van der Waals surface area contributed by atoms with Crippen LogP contribution >= 0.6 is 0 Å². The van der Waals surface area contributed by atoms with Crippen molar-refractivity contribution < 1.29 is 9.66 Å². The van der Waals surface area contributed by atoms with E-state index >= 15 is 0 Å². The first-order chi connectivity index (χ1) is 9.06. The smallest absolute Gasteiger partial charge is 0.311 e. The standard InChI is InChI=1S/C14H14N2O3/c1-10-5-6-14(13(7-10)16(17)18)19-9-11-3-2-4-12(15)8-11/h2-8H,9,15H2,1H3. The molecule has 0 saturated carbocycles. The molecule has 0 fully saturated rings. The lowest BCUT2D eigenvalue weighted by atomic mass is 10.2. The molecule has 0 amide bonds. The van der Waals surface area contributed by atoms with Gasteiger partial charge in [0.15, 0.2) is 5.75 Å². The molecular weight excluding hydrogens is 244 g/mol. The van der Waals surface area contributed by atoms with Gasteiger partial charge in [0.2, 0.25) is 0 Å². The number of ether oxygens (including phenoxy) is 1. The van der Waals surface area contributed by atoms with Crippen LogP contribution in [0.4, 0.5) is 11.4 Å². The summed E-state index contributed by atoms with van der Waals surface area (Å²) >= 11 is 0. The predicted molar refractivity (Wildman–Crippen MR) is 73.0 cm³/mol. The van der Waals surface area contributed by atoms with Gasteiger partial charge < -0.3 is 10.5 Å². The molecule has 0 spiro atoms. The minimum atomic E-state index is -0.443. The molecule has 0 bridgehead atoms. The molecule has 0 unspecified atom stereocenters. The monoisotopic (exact) mass is 258 g/mol. The lowest BCUT2D eigenvalue weighted by Crippen LogP contribution is -2.00. The highest BCUT2D eigenvalue weighted by Crippen LogP contribution is 2.28. The summed E-state index contributed by atoms with van der Waals surface area (Å²) in [5.74, 6) is 0.262. The summed E-state index contributed by atoms with van der Waals surface area (Å²) in [6, 6.07) is 12.1. The molecule has 0 saturated heterocycles. The van der Waals surface area contributed by atoms with Gasteiger partial charge in [-0.15, -0.1) is 0 Å². The van der Waals surface area contributed by atoms with Crippen molar-refractivity contribution in [3.63, 3.8) is 0 Å². The SMILES string of the molecule is Cc1ccc(OCc2cccc(N)c2)c([N+](=O)[O-])c1. The van der Waals surface area contributed by atoms with Gasteiger partial charge in [-0.05, 0) is 36.2 Å². The minimum absolute atomic E-state index is 0.0242. The molecule has 2 aromatic rings. The highest BCUT2D eigenvalue weighted by molar-refractivity contribution is 5.48. The van der Waals surface area contributed by atoms with Crippen LogP contribution in [0.1, 0.15) is 11.1 Å². The highest BCUT2D eigenvalue weighted by atomic mass is 16.6. The molecule has 19 heavy (non-hydrogen) atoms. The molecule has 0 aromatic heterocycles. The van der Waals surface area contributed by atoms with E-state index in [-0.39, 0.29) is 18.0 Å². The Bertz CT molecular complexity index is 611. The molecule has 0 heterocycles. The zero-order chi connectivity index (χ0) is 13.8. The van der Waals surface area contributed by atoms with Crippen LogP contribution in [-0.2, 0) is 6.61 Å². The van der Waals surface area contributed by atoms with E-state index < -0.39 is 4.92 Å². The molecule has 2 N–H and O–H groups in total. The van der Waals surface area contributed by atoms with Crippen molar-refractivity contribution in [3.8, 4) is 5.75 Å². The van der Waals surface area contributed by atoms with Gasteiger partial charge in [0.25, 0.3) is 0 Å². The molecule has 0 aliphatic rings. The third kappa shape index (κ3) is 3.22. The Kier molecular flexibility index (Phi) is 3.66. The van der Waals surface area contributed by atoms with E-state index in [9.17, 15) is 10.1 Å². The van der Waals surface area contributed by atoms with Crippen LogP contribution in [0.15, 0.2) is 42.5 Å². The fourth-order valence-electron chi connectivity index (χ4n) is 1.74. The van der Waals surface area contributed by atoms with Crippen LogP contribution in [0.2, 0.25) is 0 Å². The quantitative estimate of drug-likeness (QED) is 0.519. The Morgan fingerprint density at radius 1 is 1.26 bits per heavy atom. The minimum Gasteiger partial charge on any atom is -0.482 e. The van der Waals surface area contributed by atoms with Gasteiger partial charge in [0.1, 0.15) is 6.61 Å². The van der Waals surface area contributed by atoms with Crippen LogP contribution < -0.4 is 10.5 Å². The summed E-state index contributed by atoms with van der Waals surface area (Å²) in [5, 5.41) is 10.9. The Hall–Kier alpha value is -2.56. The van der Waals surface area contributed by atoms with Gasteiger partial charge in [-0.1, -0.05) is 18.2 Å². The number of rotatable bonds is 4. The highest BCUT2D eigenvalue weighted by Gasteiger charge is 2.15. The summed E-state index contributed by atoms with van der Waals surface area (Å²) < 4.78 is 5.50. The maximum atomic E-state index is 10.9. The molecule has 0 radical (unpaired) electrons. The fourth-order valence-corrected chi connectivity index (χ4v) is 1.74. The van der Waals surface area contributed by atoms with E-state index in [0.29, 0.717) is 5.69 Å². The first kappa shape index (κ1) is 12.9. The van der Waals surface area contributed by atoms with Gasteiger partial charge in [-0.3, -0.25) is 10.1 Å². The number of nitro benzene ring substituents is 1. The molecule has 2 aromatic carbocycles. The molecule has 5 nitrogen and oxygen atoms in total. The molecule has 98 valence electrons. The number of hydrogen-bond donors (Lipinski definition) is 1. The largest absolute Gasteiger partial charge is 0.482 e. The molecular formula is C14H14N2O3. The van der Waals surface area contributed by atoms with Crippen LogP contribution in [0.5, 0.6) is 5.75 Å². The Labute approximate surface area is 110 Å². The first-order valence-electron chi connectivity index (χ1n) is 5.78. The maximum absolute atomic E-state index is 10.9. The van der Waals surface area contributed by atoms with Crippen molar-refractivity contribution in [2.45, 2.75) is 13.5 Å². The third-order valence-electron chi connectivity index (χ3n) is 2.66. The normalized spacial score (nSPS) is 10.2. The molecule has 0 aliphatic heterocycles. The van der Waals surface area contributed by atoms with Crippen molar-refractivity contribution in [2.75, 3.05) is 5.73 Å². The fraction of sp³-hybridized carbons (Fsp3) is 0.143. The van der Waals surface area contributed by atoms with E-state index in [1.54, 1.807) is 31.2 Å². The average molecular weight is 258 g/mol. The van der Waals surface area contributed by atoms with Crippen LogP contribution in [-0.4, -0.2) is 4.92 Å². The zero-order valence-corrected chi connectivity index (χ0v) is 10.5. The van der Waals surface area contributed by atoms with Crippen molar-refractivity contribution >= 4 is 11.4 Å². The summed E-state index contributed by atoms with van der Waals surface area (Å²) in [5.41, 5.74) is 7.97. The van der Waals surface area contributed by atoms with Crippen LogP contribution in [0, 0.1) is 17.0 Å². The van der Waals surface area contributed by atoms with Gasteiger partial charge in [0, 0.05) is 11.8 Å². The summed E-state index contributed by atoms with van der Waals surface area (Å²) in [6.07, 6.45) is 0. The summed E-state index contributed by atoms with van der Waals surface area (Å²) in [6.45, 7) is 2.05. The van der Waals surface area contributed by atoms with Gasteiger partial charge in [0.05, 0.1) is 4.92 Å². The lowest BCUT2D eigenvalue weighted by molar-refractivity contribution is -0.386. The zero-order valence-electron chi connectivity index (χ0n) is 10.5. The van der Waals surface area contributed by atoms with E-state index in [1.165, 1.54) is 6.07 Å². The Morgan fingerprint density at radius 2 is 2.05 bits per heavy atom. The van der Waals surface area contributed by atoms with E-state index in [0.717, 1.165) is 11.1 Å². The number of aryl methyl sites for hydroxylation is 1. The van der Waals surface area contributed by atoms with Crippen molar-refractivity contribution in [1.82, 2.24) is 0 Å². The van der Waals surface area contributed by atoms with E-state index in [1.807, 2.05) is 12.1 Å². The van der Waals surface area contributed by atoms with Crippen molar-refractivity contribution in [1.29, 1.82) is 0 Å². The third-order valence-corrected chi connectivity index (χ3v) is 2.66. The molecule has 2 rings (SSSR count). The summed E-state index contributed by atoms with van der Waals surface area (Å²) in [7, 11) is 0. The number of nitrogens with two attached hydrogens (primary N) is 1. The number of benzene rings is 2. The lowest BCUT2D eigenvalue weighted by Gasteiger charge is -2.07. The Balaban J connectivity index is 2.17. The molecule has 0 atom stereocenters. The van der Waals surface area contributed by atoms with E-state index in [2.05, 4.69) is 0 Å². The van der Waals surface area contributed by atoms with Crippen LogP contribution in [0.25, 0.3) is 0 Å². The molecule has 0 aliphatic carbocycles. The van der Waals surface area contributed by atoms with Gasteiger partial charge in [-0.25, -0.2) is 0 Å². The maximum Gasteiger partial charge on any atom is 0.311 e.